The maximum absolute atomic E-state index is 14.4. The molecule has 0 radical (unpaired) electrons. The van der Waals surface area contributed by atoms with Gasteiger partial charge in [-0.05, 0) is 79.2 Å². The van der Waals surface area contributed by atoms with Crippen LogP contribution in [0.15, 0.2) is 125 Å². The minimum Gasteiger partial charge on any atom is -0.506 e. The molecule has 3 aliphatic rings. The standard InChI is InChI=1S/C20H17BrClFN4O2.C19H15BrClFN4O2.C18H16FN5O/c1-11-2-3-16(13-8-12(21)9-14(22)18(13)28)25-17(11)19-24-10-15(23)20(26-19)27-4-6-29-7-5-27;20-11-8-12(17(27)13(21)9-11)15-2-1-3-16(24-15)18-23-10-14(22)19(25-18)26-4-6-28-7-5-26;19-13-12-21-17(23-18(13)24-8-10-25-11-9-24)16-6-3-5-15(22-16)14-4-1-2-7-20-14/h2-3,8-10,28H,4-7H2,1H3;1-3,8-10,27H,4-7H2;1-7,12H,8-11H2. The Hall–Kier alpha value is -7.51. The van der Waals surface area contributed by atoms with Gasteiger partial charge in [-0.15, -0.1) is 0 Å². The van der Waals surface area contributed by atoms with Crippen molar-refractivity contribution >= 4 is 72.5 Å². The van der Waals surface area contributed by atoms with E-state index in [4.69, 9.17) is 37.4 Å². The van der Waals surface area contributed by atoms with Crippen molar-refractivity contribution in [1.82, 2.24) is 49.8 Å². The van der Waals surface area contributed by atoms with Gasteiger partial charge < -0.3 is 39.1 Å². The van der Waals surface area contributed by atoms with Gasteiger partial charge in [0, 0.05) is 65.5 Å². The smallest absolute Gasteiger partial charge is 0.183 e. The van der Waals surface area contributed by atoms with Gasteiger partial charge in [0.1, 0.15) is 28.6 Å². The molecule has 0 atom stereocenters. The number of benzene rings is 2. The van der Waals surface area contributed by atoms with Crippen molar-refractivity contribution in [1.29, 1.82) is 0 Å². The summed E-state index contributed by atoms with van der Waals surface area (Å²) >= 11 is 18.9. The average molecular weight is 1280 g/mol. The molecule has 7 aromatic heterocycles. The highest BCUT2D eigenvalue weighted by atomic mass is 79.9. The molecule has 420 valence electrons. The number of hydrogen-bond acceptors (Lipinski definition) is 18. The summed E-state index contributed by atoms with van der Waals surface area (Å²) < 4.78 is 60.2. The number of aromatic nitrogens is 10. The fraction of sp³-hybridized carbons (Fsp3) is 0.228. The summed E-state index contributed by atoms with van der Waals surface area (Å²) in [5, 5.41) is 21.1. The first-order chi connectivity index (χ1) is 39.8. The second-order valence-electron chi connectivity index (χ2n) is 18.4. The zero-order chi connectivity index (χ0) is 57.3. The Morgan fingerprint density at radius 2 is 0.854 bits per heavy atom. The van der Waals surface area contributed by atoms with E-state index in [1.54, 1.807) is 54.7 Å². The average Bonchev–Trinajstić information content (AvgIpc) is 3.52. The maximum atomic E-state index is 14.4. The van der Waals surface area contributed by atoms with E-state index in [-0.39, 0.29) is 33.2 Å². The summed E-state index contributed by atoms with van der Waals surface area (Å²) in [6.45, 7) is 8.54. The number of anilines is 3. The zero-order valence-electron chi connectivity index (χ0n) is 43.5. The second kappa shape index (κ2) is 26.6. The molecule has 2 N–H and O–H groups in total. The molecule has 9 aromatic rings. The number of phenols is 2. The van der Waals surface area contributed by atoms with Crippen molar-refractivity contribution in [3.05, 3.63) is 158 Å². The normalized spacial score (nSPS) is 14.4. The van der Waals surface area contributed by atoms with E-state index in [9.17, 15) is 23.4 Å². The Morgan fingerprint density at radius 1 is 0.451 bits per heavy atom. The Morgan fingerprint density at radius 3 is 1.32 bits per heavy atom. The van der Waals surface area contributed by atoms with Gasteiger partial charge in [-0.3, -0.25) is 4.98 Å². The number of hydrogen-bond donors (Lipinski definition) is 2. The number of aryl methyl sites for hydroxylation is 1. The molecule has 10 heterocycles. The molecule has 25 heteroatoms. The minimum absolute atomic E-state index is 0.0637. The van der Waals surface area contributed by atoms with E-state index in [1.807, 2.05) is 64.1 Å². The van der Waals surface area contributed by atoms with Gasteiger partial charge in [-0.1, -0.05) is 79.3 Å². The second-order valence-corrected chi connectivity index (χ2v) is 21.0. The lowest BCUT2D eigenvalue weighted by Gasteiger charge is -2.28. The van der Waals surface area contributed by atoms with Gasteiger partial charge in [-0.25, -0.2) is 58.0 Å². The van der Waals surface area contributed by atoms with Crippen molar-refractivity contribution in [2.75, 3.05) is 93.6 Å². The topological polar surface area (TPSA) is 207 Å². The lowest BCUT2D eigenvalue weighted by Crippen LogP contribution is -2.37. The summed E-state index contributed by atoms with van der Waals surface area (Å²) in [6, 6.07) is 26.7. The van der Waals surface area contributed by atoms with Crippen LogP contribution in [0.3, 0.4) is 0 Å². The lowest BCUT2D eigenvalue weighted by atomic mass is 10.1. The van der Waals surface area contributed by atoms with Crippen LogP contribution in [0.1, 0.15) is 5.56 Å². The monoisotopic (exact) mass is 1280 g/mol. The molecular weight excluding hydrogens is 1230 g/mol. The van der Waals surface area contributed by atoms with E-state index in [0.29, 0.717) is 151 Å². The zero-order valence-corrected chi connectivity index (χ0v) is 48.2. The molecule has 12 rings (SSSR count). The number of morpholine rings is 3. The Bertz CT molecular complexity index is 3740. The number of rotatable bonds is 9. The van der Waals surface area contributed by atoms with E-state index in [2.05, 4.69) is 81.7 Å². The van der Waals surface area contributed by atoms with Crippen molar-refractivity contribution < 1.29 is 37.6 Å². The summed E-state index contributed by atoms with van der Waals surface area (Å²) in [5.41, 5.74) is 5.81. The number of aromatic hydroxyl groups is 2. The van der Waals surface area contributed by atoms with Gasteiger partial charge in [0.15, 0.2) is 52.4 Å². The van der Waals surface area contributed by atoms with Crippen LogP contribution in [-0.2, 0) is 14.2 Å². The molecule has 3 fully saturated rings. The van der Waals surface area contributed by atoms with Crippen LogP contribution in [0.4, 0.5) is 30.6 Å². The summed E-state index contributed by atoms with van der Waals surface area (Å²) in [6.07, 6.45) is 5.22. The molecule has 0 bridgehead atoms. The van der Waals surface area contributed by atoms with E-state index in [1.165, 1.54) is 6.20 Å². The van der Waals surface area contributed by atoms with E-state index in [0.717, 1.165) is 29.3 Å². The molecule has 0 spiro atoms. The molecular formula is C57H48Br2Cl2F3N13O5. The highest BCUT2D eigenvalue weighted by Crippen LogP contribution is 2.40. The molecule has 0 unspecified atom stereocenters. The predicted octanol–water partition coefficient (Wildman–Crippen LogP) is 11.5. The third kappa shape index (κ3) is 13.7. The third-order valence-electron chi connectivity index (χ3n) is 12.9. The molecule has 2 aromatic carbocycles. The van der Waals surface area contributed by atoms with Crippen LogP contribution in [0.5, 0.6) is 11.5 Å². The van der Waals surface area contributed by atoms with Gasteiger partial charge >= 0.3 is 0 Å². The quantitative estimate of drug-likeness (QED) is 0.138. The van der Waals surface area contributed by atoms with Crippen LogP contribution in [0, 0.1) is 24.4 Å². The number of ether oxygens (including phenoxy) is 3. The third-order valence-corrected chi connectivity index (χ3v) is 14.4. The van der Waals surface area contributed by atoms with Gasteiger partial charge in [0.25, 0.3) is 0 Å². The van der Waals surface area contributed by atoms with Gasteiger partial charge in [0.2, 0.25) is 0 Å². The van der Waals surface area contributed by atoms with Crippen molar-refractivity contribution in [3.8, 4) is 80.0 Å². The first-order valence-electron chi connectivity index (χ1n) is 25.5. The number of phenolic OH excluding ortho intramolecular Hbond substituents is 2. The molecule has 82 heavy (non-hydrogen) atoms. The summed E-state index contributed by atoms with van der Waals surface area (Å²) in [5.74, 6) is 0.213. The molecule has 0 aliphatic carbocycles. The van der Waals surface area contributed by atoms with Crippen LogP contribution in [0.25, 0.3) is 68.5 Å². The number of pyridine rings is 4. The maximum Gasteiger partial charge on any atom is 0.183 e. The Labute approximate surface area is 495 Å². The largest absolute Gasteiger partial charge is 0.506 e. The van der Waals surface area contributed by atoms with Gasteiger partial charge in [0.05, 0.1) is 91.1 Å². The molecule has 18 nitrogen and oxygen atoms in total. The minimum atomic E-state index is -0.488. The van der Waals surface area contributed by atoms with Crippen molar-refractivity contribution in [3.63, 3.8) is 0 Å². The van der Waals surface area contributed by atoms with E-state index >= 15 is 0 Å². The first kappa shape index (κ1) is 57.7. The molecule has 3 saturated heterocycles. The number of nitrogens with zero attached hydrogens (tertiary/aromatic N) is 13. The summed E-state index contributed by atoms with van der Waals surface area (Å²) in [4.78, 5) is 49.2. The van der Waals surface area contributed by atoms with Crippen molar-refractivity contribution in [2.45, 2.75) is 6.92 Å². The van der Waals surface area contributed by atoms with Gasteiger partial charge in [-0.2, -0.15) is 0 Å². The fourth-order valence-corrected chi connectivity index (χ4v) is 10.4. The fourth-order valence-electron chi connectivity index (χ4n) is 8.78. The molecule has 0 saturated carbocycles. The molecule has 0 amide bonds. The van der Waals surface area contributed by atoms with Crippen LogP contribution >= 0.6 is 55.1 Å². The van der Waals surface area contributed by atoms with Crippen LogP contribution in [0.2, 0.25) is 10.0 Å². The van der Waals surface area contributed by atoms with E-state index < -0.39 is 17.5 Å². The first-order valence-corrected chi connectivity index (χ1v) is 27.9. The highest BCUT2D eigenvalue weighted by Gasteiger charge is 2.24. The van der Waals surface area contributed by atoms with Crippen LogP contribution < -0.4 is 14.7 Å². The summed E-state index contributed by atoms with van der Waals surface area (Å²) in [7, 11) is 0. The SMILES string of the molecule is Cc1ccc(-c2cc(Br)cc(Cl)c2O)nc1-c1ncc(F)c(N2CCOCC2)n1.Fc1cnc(-c2cccc(-c3ccccn3)n2)nc1N1CCOCC1.Oc1c(Cl)cc(Br)cc1-c1cccc(-c2ncc(F)c(N3CCOCC3)n2)n1. The lowest BCUT2D eigenvalue weighted by molar-refractivity contribution is 0.122. The van der Waals surface area contributed by atoms with Crippen molar-refractivity contribution in [2.24, 2.45) is 0 Å². The Kier molecular flexibility index (Phi) is 18.7. The van der Waals surface area contributed by atoms with Crippen LogP contribution in [-0.4, -0.2) is 139 Å². The highest BCUT2D eigenvalue weighted by molar-refractivity contribution is 9.10. The number of halogens is 7. The Balaban J connectivity index is 0.000000138. The molecule has 3 aliphatic heterocycles. The predicted molar refractivity (Wildman–Crippen MR) is 312 cm³/mol.